The van der Waals surface area contributed by atoms with Crippen molar-refractivity contribution in [2.45, 2.75) is 26.3 Å². The Bertz CT molecular complexity index is 601. The van der Waals surface area contributed by atoms with Crippen molar-refractivity contribution in [3.8, 4) is 5.75 Å². The fourth-order valence-electron chi connectivity index (χ4n) is 2.78. The molecule has 2 aromatic rings. The molecule has 112 valence electrons. The summed E-state index contributed by atoms with van der Waals surface area (Å²) in [5.41, 5.74) is 4.07. The highest BCUT2D eigenvalue weighted by Gasteiger charge is 2.15. The Balaban J connectivity index is 2.32. The summed E-state index contributed by atoms with van der Waals surface area (Å²) in [5.74, 6) is 0.763. The highest BCUT2D eigenvalue weighted by Crippen LogP contribution is 2.28. The van der Waals surface area contributed by atoms with Crippen LogP contribution in [0.1, 0.15) is 28.3 Å². The Kier molecular flexibility index (Phi) is 4.97. The van der Waals surface area contributed by atoms with Crippen LogP contribution in [-0.4, -0.2) is 14.2 Å². The zero-order valence-corrected chi connectivity index (χ0v) is 13.0. The van der Waals surface area contributed by atoms with Gasteiger partial charge in [-0.2, -0.15) is 0 Å². The number of hydrogen-bond acceptors (Lipinski definition) is 2. The summed E-state index contributed by atoms with van der Waals surface area (Å²) in [5, 5.41) is 3.28. The van der Waals surface area contributed by atoms with Gasteiger partial charge in [0.2, 0.25) is 0 Å². The van der Waals surface area contributed by atoms with Gasteiger partial charge in [-0.05, 0) is 55.6 Å². The molecule has 0 heterocycles. The second kappa shape index (κ2) is 6.72. The van der Waals surface area contributed by atoms with Crippen molar-refractivity contribution in [2.75, 3.05) is 14.2 Å². The standard InChI is InChI=1S/C18H22FNO/c1-12-9-15(10-13(2)18(12)21-4)17(20-3)11-14-7-5-6-8-16(14)19/h5-10,17,20H,11H2,1-4H3. The Morgan fingerprint density at radius 3 is 2.29 bits per heavy atom. The molecule has 0 aliphatic rings. The van der Waals surface area contributed by atoms with Crippen LogP contribution in [-0.2, 0) is 6.42 Å². The van der Waals surface area contributed by atoms with E-state index in [2.05, 4.69) is 17.4 Å². The fourth-order valence-corrected chi connectivity index (χ4v) is 2.78. The average Bonchev–Trinajstić information content (AvgIpc) is 2.46. The zero-order chi connectivity index (χ0) is 15.4. The van der Waals surface area contributed by atoms with Crippen molar-refractivity contribution in [2.24, 2.45) is 0 Å². The van der Waals surface area contributed by atoms with Crippen LogP contribution in [0.15, 0.2) is 36.4 Å². The van der Waals surface area contributed by atoms with Gasteiger partial charge in [-0.25, -0.2) is 4.39 Å². The lowest BCUT2D eigenvalue weighted by atomic mass is 9.95. The summed E-state index contributed by atoms with van der Waals surface area (Å²) >= 11 is 0. The minimum absolute atomic E-state index is 0.0743. The summed E-state index contributed by atoms with van der Waals surface area (Å²) in [6.45, 7) is 4.07. The van der Waals surface area contributed by atoms with E-state index in [0.717, 1.165) is 28.0 Å². The first-order valence-electron chi connectivity index (χ1n) is 7.12. The third kappa shape index (κ3) is 3.42. The van der Waals surface area contributed by atoms with Gasteiger partial charge in [-0.3, -0.25) is 0 Å². The summed E-state index contributed by atoms with van der Waals surface area (Å²) in [6.07, 6.45) is 0.619. The Hall–Kier alpha value is -1.87. The van der Waals surface area contributed by atoms with Crippen molar-refractivity contribution in [3.63, 3.8) is 0 Å². The molecule has 0 fully saturated rings. The highest BCUT2D eigenvalue weighted by molar-refractivity contribution is 5.44. The highest BCUT2D eigenvalue weighted by atomic mass is 19.1. The van der Waals surface area contributed by atoms with Crippen LogP contribution in [0.5, 0.6) is 5.75 Å². The second-order valence-electron chi connectivity index (χ2n) is 5.32. The van der Waals surface area contributed by atoms with Crippen molar-refractivity contribution < 1.29 is 9.13 Å². The van der Waals surface area contributed by atoms with E-state index in [1.807, 2.05) is 33.0 Å². The van der Waals surface area contributed by atoms with Gasteiger partial charge in [-0.15, -0.1) is 0 Å². The third-order valence-corrected chi connectivity index (χ3v) is 3.82. The Morgan fingerprint density at radius 1 is 1.14 bits per heavy atom. The quantitative estimate of drug-likeness (QED) is 0.899. The molecule has 0 bridgehead atoms. The molecule has 3 heteroatoms. The summed E-state index contributed by atoms with van der Waals surface area (Å²) in [6, 6.07) is 11.2. The van der Waals surface area contributed by atoms with Crippen molar-refractivity contribution in [1.29, 1.82) is 0 Å². The third-order valence-electron chi connectivity index (χ3n) is 3.82. The molecule has 1 unspecified atom stereocenters. The number of aryl methyl sites for hydroxylation is 2. The fraction of sp³-hybridized carbons (Fsp3) is 0.333. The SMILES string of the molecule is CNC(Cc1ccccc1F)c1cc(C)c(OC)c(C)c1. The Morgan fingerprint density at radius 2 is 1.76 bits per heavy atom. The second-order valence-corrected chi connectivity index (χ2v) is 5.32. The van der Waals surface area contributed by atoms with E-state index < -0.39 is 0 Å². The number of hydrogen-bond donors (Lipinski definition) is 1. The number of rotatable bonds is 5. The number of benzene rings is 2. The molecule has 0 saturated heterocycles. The molecule has 0 saturated carbocycles. The smallest absolute Gasteiger partial charge is 0.126 e. The van der Waals surface area contributed by atoms with Crippen LogP contribution in [0.25, 0.3) is 0 Å². The summed E-state index contributed by atoms with van der Waals surface area (Å²) in [4.78, 5) is 0. The molecule has 1 atom stereocenters. The van der Waals surface area contributed by atoms with E-state index in [9.17, 15) is 4.39 Å². The normalized spacial score (nSPS) is 12.2. The van der Waals surface area contributed by atoms with Crippen molar-refractivity contribution >= 4 is 0 Å². The number of likely N-dealkylation sites (N-methyl/N-ethyl adjacent to an activating group) is 1. The average molecular weight is 287 g/mol. The van der Waals surface area contributed by atoms with E-state index in [0.29, 0.717) is 6.42 Å². The maximum absolute atomic E-state index is 13.8. The molecule has 0 aromatic heterocycles. The summed E-state index contributed by atoms with van der Waals surface area (Å²) in [7, 11) is 3.59. The maximum Gasteiger partial charge on any atom is 0.126 e. The maximum atomic E-state index is 13.8. The first kappa shape index (κ1) is 15.5. The first-order chi connectivity index (χ1) is 10.1. The van der Waals surface area contributed by atoms with Crippen LogP contribution in [0.3, 0.4) is 0 Å². The van der Waals surface area contributed by atoms with Crippen LogP contribution in [0.4, 0.5) is 4.39 Å². The van der Waals surface area contributed by atoms with Gasteiger partial charge < -0.3 is 10.1 Å². The molecule has 2 rings (SSSR count). The van der Waals surface area contributed by atoms with Gasteiger partial charge >= 0.3 is 0 Å². The minimum Gasteiger partial charge on any atom is -0.496 e. The predicted octanol–water partition coefficient (Wildman–Crippen LogP) is 3.95. The first-order valence-corrected chi connectivity index (χ1v) is 7.12. The molecule has 0 spiro atoms. The number of nitrogens with one attached hydrogen (secondary N) is 1. The van der Waals surface area contributed by atoms with E-state index in [1.54, 1.807) is 13.2 Å². The van der Waals surface area contributed by atoms with Crippen molar-refractivity contribution in [1.82, 2.24) is 5.32 Å². The lowest BCUT2D eigenvalue weighted by molar-refractivity contribution is 0.408. The minimum atomic E-state index is -0.153. The van der Waals surface area contributed by atoms with Gasteiger partial charge in [0.05, 0.1) is 7.11 Å². The molecular weight excluding hydrogens is 265 g/mol. The molecule has 2 aromatic carbocycles. The monoisotopic (exact) mass is 287 g/mol. The number of methoxy groups -OCH3 is 1. The largest absolute Gasteiger partial charge is 0.496 e. The van der Waals surface area contributed by atoms with Crippen LogP contribution >= 0.6 is 0 Å². The van der Waals surface area contributed by atoms with Crippen LogP contribution in [0.2, 0.25) is 0 Å². The summed E-state index contributed by atoms with van der Waals surface area (Å²) < 4.78 is 19.2. The molecule has 0 amide bonds. The number of ether oxygens (including phenoxy) is 1. The van der Waals surface area contributed by atoms with E-state index in [4.69, 9.17) is 4.74 Å². The van der Waals surface area contributed by atoms with Gasteiger partial charge in [0, 0.05) is 6.04 Å². The Labute approximate surface area is 126 Å². The van der Waals surface area contributed by atoms with Crippen LogP contribution < -0.4 is 10.1 Å². The molecule has 1 N–H and O–H groups in total. The van der Waals surface area contributed by atoms with Crippen LogP contribution in [0, 0.1) is 19.7 Å². The number of halogens is 1. The molecule has 21 heavy (non-hydrogen) atoms. The topological polar surface area (TPSA) is 21.3 Å². The molecule has 2 nitrogen and oxygen atoms in total. The lowest BCUT2D eigenvalue weighted by Crippen LogP contribution is -2.19. The molecule has 0 radical (unpaired) electrons. The van der Waals surface area contributed by atoms with Gasteiger partial charge in [0.1, 0.15) is 11.6 Å². The van der Waals surface area contributed by atoms with Gasteiger partial charge in [0.15, 0.2) is 0 Å². The van der Waals surface area contributed by atoms with Crippen molar-refractivity contribution in [3.05, 3.63) is 64.5 Å². The predicted molar refractivity (Wildman–Crippen MR) is 84.4 cm³/mol. The molecule has 0 aliphatic heterocycles. The molecular formula is C18H22FNO. The van der Waals surface area contributed by atoms with Gasteiger partial charge in [-0.1, -0.05) is 30.3 Å². The van der Waals surface area contributed by atoms with E-state index in [-0.39, 0.29) is 11.9 Å². The zero-order valence-electron chi connectivity index (χ0n) is 13.0. The lowest BCUT2D eigenvalue weighted by Gasteiger charge is -2.20. The molecule has 0 aliphatic carbocycles. The van der Waals surface area contributed by atoms with E-state index in [1.165, 1.54) is 6.07 Å². The van der Waals surface area contributed by atoms with E-state index >= 15 is 0 Å². The van der Waals surface area contributed by atoms with Gasteiger partial charge in [0.25, 0.3) is 0 Å².